The fourth-order valence-electron chi connectivity index (χ4n) is 2.91. The van der Waals surface area contributed by atoms with Gasteiger partial charge in [-0.2, -0.15) is 0 Å². The Hall–Kier alpha value is -2.86. The summed E-state index contributed by atoms with van der Waals surface area (Å²) >= 11 is 0. The summed E-state index contributed by atoms with van der Waals surface area (Å²) in [6.07, 6.45) is 0.777. The third-order valence-electron chi connectivity index (χ3n) is 4.57. The highest BCUT2D eigenvalue weighted by Gasteiger charge is 2.40. The Bertz CT molecular complexity index is 769. The number of ether oxygens (including phenoxy) is 2. The van der Waals surface area contributed by atoms with Crippen molar-refractivity contribution in [1.29, 1.82) is 0 Å². The second kappa shape index (κ2) is 8.01. The second-order valence-corrected chi connectivity index (χ2v) is 6.32. The maximum Gasteiger partial charge on any atom is 0.311 e. The van der Waals surface area contributed by atoms with Gasteiger partial charge in [-0.15, -0.1) is 0 Å². The van der Waals surface area contributed by atoms with Crippen molar-refractivity contribution >= 4 is 11.9 Å². The van der Waals surface area contributed by atoms with Crippen LogP contribution in [0.4, 0.5) is 0 Å². The zero-order valence-electron chi connectivity index (χ0n) is 14.3. The molecule has 1 amide bonds. The van der Waals surface area contributed by atoms with Crippen LogP contribution in [0.1, 0.15) is 23.2 Å². The Kier molecular flexibility index (Phi) is 5.53. The number of carboxylic acid groups (broad SMARTS) is 1. The van der Waals surface area contributed by atoms with E-state index in [1.165, 1.54) is 0 Å². The fraction of sp³-hybridized carbons (Fsp3) is 0.300. The van der Waals surface area contributed by atoms with Gasteiger partial charge in [0.25, 0.3) is 5.91 Å². The fourth-order valence-corrected chi connectivity index (χ4v) is 2.91. The molecule has 6 nitrogen and oxygen atoms in total. The number of amides is 1. The van der Waals surface area contributed by atoms with E-state index in [-0.39, 0.29) is 12.5 Å². The van der Waals surface area contributed by atoms with Crippen LogP contribution in [0.3, 0.4) is 0 Å². The molecule has 2 aromatic carbocycles. The van der Waals surface area contributed by atoms with E-state index in [0.29, 0.717) is 43.1 Å². The monoisotopic (exact) mass is 355 g/mol. The summed E-state index contributed by atoms with van der Waals surface area (Å²) in [6, 6.07) is 16.1. The molecule has 1 fully saturated rings. The Morgan fingerprint density at radius 1 is 1.04 bits per heavy atom. The van der Waals surface area contributed by atoms with Gasteiger partial charge in [0.05, 0.1) is 5.41 Å². The minimum Gasteiger partial charge on any atom is -0.481 e. The van der Waals surface area contributed by atoms with Gasteiger partial charge in [0.15, 0.2) is 0 Å². The van der Waals surface area contributed by atoms with E-state index in [9.17, 15) is 14.7 Å². The molecule has 0 radical (unpaired) electrons. The molecular weight excluding hydrogens is 334 g/mol. The predicted molar refractivity (Wildman–Crippen MR) is 95.4 cm³/mol. The van der Waals surface area contributed by atoms with E-state index < -0.39 is 11.4 Å². The molecule has 2 aromatic rings. The first-order chi connectivity index (χ1) is 12.6. The van der Waals surface area contributed by atoms with Crippen LogP contribution in [0.2, 0.25) is 0 Å². The summed E-state index contributed by atoms with van der Waals surface area (Å²) < 4.78 is 11.0. The van der Waals surface area contributed by atoms with Crippen LogP contribution in [0.5, 0.6) is 11.5 Å². The molecule has 0 saturated carbocycles. The van der Waals surface area contributed by atoms with Gasteiger partial charge in [-0.25, -0.2) is 0 Å². The van der Waals surface area contributed by atoms with Crippen molar-refractivity contribution in [1.82, 2.24) is 5.32 Å². The topological polar surface area (TPSA) is 84.9 Å². The minimum absolute atomic E-state index is 0.0777. The number of para-hydroxylation sites is 1. The molecule has 136 valence electrons. The molecule has 0 spiro atoms. The summed E-state index contributed by atoms with van der Waals surface area (Å²) in [5.74, 6) is -0.00199. The Morgan fingerprint density at radius 2 is 1.73 bits per heavy atom. The van der Waals surface area contributed by atoms with Crippen molar-refractivity contribution in [3.05, 3.63) is 60.2 Å². The largest absolute Gasteiger partial charge is 0.481 e. The van der Waals surface area contributed by atoms with E-state index in [2.05, 4.69) is 5.32 Å². The van der Waals surface area contributed by atoms with Crippen molar-refractivity contribution in [2.45, 2.75) is 12.8 Å². The number of hydrogen-bond acceptors (Lipinski definition) is 4. The second-order valence-electron chi connectivity index (χ2n) is 6.32. The van der Waals surface area contributed by atoms with Crippen molar-refractivity contribution in [3.8, 4) is 11.5 Å². The van der Waals surface area contributed by atoms with Crippen LogP contribution in [0, 0.1) is 5.41 Å². The zero-order chi connectivity index (χ0) is 18.4. The molecule has 0 aliphatic carbocycles. The van der Waals surface area contributed by atoms with Crippen molar-refractivity contribution in [3.63, 3.8) is 0 Å². The van der Waals surface area contributed by atoms with Crippen molar-refractivity contribution in [2.75, 3.05) is 19.8 Å². The normalized spacial score (nSPS) is 15.8. The average molecular weight is 355 g/mol. The number of benzene rings is 2. The third-order valence-corrected chi connectivity index (χ3v) is 4.57. The number of carbonyl (C=O) groups is 2. The quantitative estimate of drug-likeness (QED) is 0.832. The van der Waals surface area contributed by atoms with E-state index in [1.807, 2.05) is 30.3 Å². The summed E-state index contributed by atoms with van der Waals surface area (Å²) in [5.41, 5.74) is -0.544. The van der Waals surface area contributed by atoms with Gasteiger partial charge in [-0.3, -0.25) is 9.59 Å². The molecule has 0 atom stereocenters. The molecule has 2 N–H and O–H groups in total. The molecule has 1 aliphatic rings. The number of carbonyl (C=O) groups excluding carboxylic acids is 1. The molecule has 0 unspecified atom stereocenters. The SMILES string of the molecule is O=C(NCC1(C(=O)O)CCOCC1)c1cccc(Oc2ccccc2)c1. The number of aliphatic carboxylic acids is 1. The molecule has 6 heteroatoms. The lowest BCUT2D eigenvalue weighted by Crippen LogP contribution is -2.46. The molecule has 1 heterocycles. The molecular formula is C20H21NO5. The highest BCUT2D eigenvalue weighted by molar-refractivity contribution is 5.95. The smallest absolute Gasteiger partial charge is 0.311 e. The molecule has 1 aliphatic heterocycles. The van der Waals surface area contributed by atoms with Crippen molar-refractivity contribution in [2.24, 2.45) is 5.41 Å². The van der Waals surface area contributed by atoms with E-state index >= 15 is 0 Å². The van der Waals surface area contributed by atoms with Crippen LogP contribution in [-0.2, 0) is 9.53 Å². The maximum absolute atomic E-state index is 12.5. The zero-order valence-corrected chi connectivity index (χ0v) is 14.3. The minimum atomic E-state index is -0.966. The Morgan fingerprint density at radius 3 is 2.42 bits per heavy atom. The highest BCUT2D eigenvalue weighted by atomic mass is 16.5. The molecule has 26 heavy (non-hydrogen) atoms. The van der Waals surface area contributed by atoms with Gasteiger partial charge in [0.1, 0.15) is 11.5 Å². The van der Waals surface area contributed by atoms with E-state index in [4.69, 9.17) is 9.47 Å². The van der Waals surface area contributed by atoms with Gasteiger partial charge in [-0.1, -0.05) is 24.3 Å². The highest BCUT2D eigenvalue weighted by Crippen LogP contribution is 2.30. The number of nitrogens with one attached hydrogen (secondary N) is 1. The summed E-state index contributed by atoms with van der Waals surface area (Å²) in [6.45, 7) is 0.861. The Labute approximate surface area is 151 Å². The number of hydrogen-bond donors (Lipinski definition) is 2. The van der Waals surface area contributed by atoms with Gasteiger partial charge in [0, 0.05) is 25.3 Å². The first-order valence-corrected chi connectivity index (χ1v) is 8.51. The van der Waals surface area contributed by atoms with Gasteiger partial charge in [-0.05, 0) is 43.2 Å². The van der Waals surface area contributed by atoms with Crippen LogP contribution in [0.25, 0.3) is 0 Å². The Balaban J connectivity index is 1.66. The van der Waals surface area contributed by atoms with Gasteiger partial charge < -0.3 is 19.9 Å². The number of carboxylic acids is 1. The van der Waals surface area contributed by atoms with Crippen LogP contribution in [0.15, 0.2) is 54.6 Å². The lowest BCUT2D eigenvalue weighted by atomic mass is 9.80. The molecule has 0 aromatic heterocycles. The van der Waals surface area contributed by atoms with Crippen LogP contribution >= 0.6 is 0 Å². The van der Waals surface area contributed by atoms with Crippen LogP contribution < -0.4 is 10.1 Å². The lowest BCUT2D eigenvalue weighted by molar-refractivity contribution is -0.154. The lowest BCUT2D eigenvalue weighted by Gasteiger charge is -2.33. The summed E-state index contributed by atoms with van der Waals surface area (Å²) in [4.78, 5) is 24.1. The standard InChI is InChI=1S/C20H21NO5/c22-18(21-14-20(19(23)24)9-11-25-12-10-20)15-5-4-8-17(13-15)26-16-6-2-1-3-7-16/h1-8,13H,9-12,14H2,(H,21,22)(H,23,24). The van der Waals surface area contributed by atoms with Gasteiger partial charge >= 0.3 is 5.97 Å². The summed E-state index contributed by atoms with van der Waals surface area (Å²) in [5, 5.41) is 12.3. The van der Waals surface area contributed by atoms with Crippen LogP contribution in [-0.4, -0.2) is 36.7 Å². The van der Waals surface area contributed by atoms with E-state index in [0.717, 1.165) is 0 Å². The predicted octanol–water partition coefficient (Wildman–Crippen LogP) is 3.09. The first kappa shape index (κ1) is 17.9. The average Bonchev–Trinajstić information content (AvgIpc) is 2.68. The molecule has 0 bridgehead atoms. The molecule has 3 rings (SSSR count). The maximum atomic E-state index is 12.5. The van der Waals surface area contributed by atoms with Crippen molar-refractivity contribution < 1.29 is 24.2 Å². The first-order valence-electron chi connectivity index (χ1n) is 8.51. The van der Waals surface area contributed by atoms with Gasteiger partial charge in [0.2, 0.25) is 0 Å². The molecule has 1 saturated heterocycles. The van der Waals surface area contributed by atoms with E-state index in [1.54, 1.807) is 24.3 Å². The summed E-state index contributed by atoms with van der Waals surface area (Å²) in [7, 11) is 0. The third kappa shape index (κ3) is 4.21. The number of rotatable bonds is 6.